The lowest BCUT2D eigenvalue weighted by Gasteiger charge is -2.19. The number of benzene rings is 2. The summed E-state index contributed by atoms with van der Waals surface area (Å²) in [5.41, 5.74) is 4.07. The van der Waals surface area contributed by atoms with Gasteiger partial charge in [-0.3, -0.25) is 9.88 Å². The quantitative estimate of drug-likeness (QED) is 0.421. The monoisotopic (exact) mass is 434 g/mol. The average molecular weight is 435 g/mol. The fourth-order valence-corrected chi connectivity index (χ4v) is 4.69. The molecule has 4 rings (SSSR count). The van der Waals surface area contributed by atoms with Gasteiger partial charge in [0.25, 0.3) is 0 Å². The highest BCUT2D eigenvalue weighted by Gasteiger charge is 2.22. The molecule has 0 fully saturated rings. The van der Waals surface area contributed by atoms with Crippen molar-refractivity contribution in [1.29, 1.82) is 0 Å². The average Bonchev–Trinajstić information content (AvgIpc) is 3.17. The first-order chi connectivity index (χ1) is 15.0. The van der Waals surface area contributed by atoms with Crippen LogP contribution in [0.25, 0.3) is 10.9 Å². The van der Waals surface area contributed by atoms with Gasteiger partial charge in [0.15, 0.2) is 0 Å². The topological polar surface area (TPSA) is 68.1 Å². The number of pyridine rings is 1. The zero-order chi connectivity index (χ0) is 21.8. The number of aromatic nitrogens is 3. The van der Waals surface area contributed by atoms with E-state index in [4.69, 9.17) is 0 Å². The van der Waals surface area contributed by atoms with Crippen LogP contribution in [-0.2, 0) is 29.5 Å². The number of hydrogen-bond donors (Lipinski definition) is 0. The summed E-state index contributed by atoms with van der Waals surface area (Å²) in [5.74, 6) is 0.0270. The van der Waals surface area contributed by atoms with Gasteiger partial charge in [-0.1, -0.05) is 49.4 Å². The van der Waals surface area contributed by atoms with E-state index in [1.807, 2.05) is 54.1 Å². The van der Waals surface area contributed by atoms with Crippen LogP contribution in [0.1, 0.15) is 23.7 Å². The Balaban J connectivity index is 1.59. The van der Waals surface area contributed by atoms with Crippen molar-refractivity contribution < 1.29 is 8.42 Å². The first-order valence-electron chi connectivity index (χ1n) is 10.3. The number of sulfone groups is 1. The smallest absolute Gasteiger partial charge is 0.228 e. The second kappa shape index (κ2) is 8.99. The molecule has 0 saturated heterocycles. The molecule has 0 aliphatic heterocycles. The van der Waals surface area contributed by atoms with Crippen LogP contribution in [0.15, 0.2) is 78.2 Å². The van der Waals surface area contributed by atoms with E-state index in [1.165, 1.54) is 5.56 Å². The van der Waals surface area contributed by atoms with Crippen LogP contribution in [0.3, 0.4) is 0 Å². The number of fused-ring (bicyclic) bond motifs is 1. The lowest BCUT2D eigenvalue weighted by Crippen LogP contribution is -2.21. The van der Waals surface area contributed by atoms with Gasteiger partial charge in [0.2, 0.25) is 15.0 Å². The molecular formula is C24H26N4O2S. The van der Waals surface area contributed by atoms with E-state index < -0.39 is 9.84 Å². The second-order valence-corrected chi connectivity index (χ2v) is 9.88. The SMILES string of the molecule is CCS(=O)(=O)c1ncc(CN(C)Cc2ccc3ncccc3c2)n1Cc1ccccc1. The molecule has 0 bridgehead atoms. The molecule has 0 spiro atoms. The molecule has 0 aliphatic carbocycles. The van der Waals surface area contributed by atoms with Crippen LogP contribution >= 0.6 is 0 Å². The van der Waals surface area contributed by atoms with Gasteiger partial charge in [-0.2, -0.15) is 0 Å². The lowest BCUT2D eigenvalue weighted by molar-refractivity contribution is 0.309. The molecule has 0 atom stereocenters. The summed E-state index contributed by atoms with van der Waals surface area (Å²) in [4.78, 5) is 10.8. The van der Waals surface area contributed by atoms with Gasteiger partial charge in [0.05, 0.1) is 29.7 Å². The molecule has 6 nitrogen and oxygen atoms in total. The highest BCUT2D eigenvalue weighted by Crippen LogP contribution is 2.19. The van der Waals surface area contributed by atoms with Crippen LogP contribution in [0, 0.1) is 0 Å². The van der Waals surface area contributed by atoms with E-state index in [1.54, 1.807) is 19.3 Å². The van der Waals surface area contributed by atoms with Crippen LogP contribution in [-0.4, -0.2) is 40.7 Å². The number of imidazole rings is 1. The second-order valence-electron chi connectivity index (χ2n) is 7.71. The standard InChI is InChI=1S/C24H26N4O2S/c1-3-31(29,30)24-26-15-22(28(24)17-19-8-5-4-6-9-19)18-27(2)16-20-11-12-23-21(14-20)10-7-13-25-23/h4-15H,3,16-18H2,1-2H3. The highest BCUT2D eigenvalue weighted by molar-refractivity contribution is 7.91. The summed E-state index contributed by atoms with van der Waals surface area (Å²) in [6.45, 7) is 3.44. The Morgan fingerprint density at radius 2 is 1.74 bits per heavy atom. The first kappa shape index (κ1) is 21.2. The number of hydrogen-bond acceptors (Lipinski definition) is 5. The van der Waals surface area contributed by atoms with E-state index in [0.717, 1.165) is 28.7 Å². The fraction of sp³-hybridized carbons (Fsp3) is 0.250. The maximum atomic E-state index is 12.6. The van der Waals surface area contributed by atoms with E-state index in [-0.39, 0.29) is 10.9 Å². The van der Waals surface area contributed by atoms with Crippen LogP contribution < -0.4 is 0 Å². The molecule has 2 heterocycles. The molecule has 0 radical (unpaired) electrons. The third-order valence-corrected chi connectivity index (χ3v) is 6.94. The maximum Gasteiger partial charge on any atom is 0.228 e. The first-order valence-corrected chi connectivity index (χ1v) is 11.9. The van der Waals surface area contributed by atoms with Crippen molar-refractivity contribution in [3.05, 3.63) is 89.9 Å². The van der Waals surface area contributed by atoms with Crippen molar-refractivity contribution in [2.24, 2.45) is 0 Å². The molecule has 0 aliphatic rings. The number of rotatable bonds is 8. The van der Waals surface area contributed by atoms with Crippen LogP contribution in [0.2, 0.25) is 0 Å². The van der Waals surface area contributed by atoms with E-state index in [2.05, 4.69) is 33.1 Å². The third-order valence-electron chi connectivity index (χ3n) is 5.30. The van der Waals surface area contributed by atoms with Gasteiger partial charge in [-0.05, 0) is 36.4 Å². The molecule has 31 heavy (non-hydrogen) atoms. The van der Waals surface area contributed by atoms with E-state index >= 15 is 0 Å². The van der Waals surface area contributed by atoms with Crippen molar-refractivity contribution in [3.8, 4) is 0 Å². The summed E-state index contributed by atoms with van der Waals surface area (Å²) in [5, 5.41) is 1.25. The van der Waals surface area contributed by atoms with Crippen molar-refractivity contribution in [2.75, 3.05) is 12.8 Å². The Hall–Kier alpha value is -3.03. The molecule has 2 aromatic heterocycles. The van der Waals surface area contributed by atoms with E-state index in [9.17, 15) is 8.42 Å². The maximum absolute atomic E-state index is 12.6. The van der Waals surface area contributed by atoms with Gasteiger partial charge >= 0.3 is 0 Å². The lowest BCUT2D eigenvalue weighted by atomic mass is 10.1. The molecule has 7 heteroatoms. The molecule has 0 saturated carbocycles. The Kier molecular flexibility index (Phi) is 6.15. The predicted molar refractivity (Wildman–Crippen MR) is 122 cm³/mol. The minimum Gasteiger partial charge on any atom is -0.313 e. The fourth-order valence-electron chi connectivity index (χ4n) is 3.70. The Labute approximate surface area is 183 Å². The molecule has 4 aromatic rings. The van der Waals surface area contributed by atoms with Gasteiger partial charge in [0.1, 0.15) is 0 Å². The predicted octanol–water partition coefficient (Wildman–Crippen LogP) is 3.91. The van der Waals surface area contributed by atoms with Crippen molar-refractivity contribution in [1.82, 2.24) is 19.4 Å². The molecule has 0 amide bonds. The Bertz CT molecular complexity index is 1280. The van der Waals surface area contributed by atoms with Crippen molar-refractivity contribution >= 4 is 20.7 Å². The van der Waals surface area contributed by atoms with Crippen LogP contribution in [0.5, 0.6) is 0 Å². The third kappa shape index (κ3) is 4.84. The Morgan fingerprint density at radius 1 is 0.935 bits per heavy atom. The summed E-state index contributed by atoms with van der Waals surface area (Å²) >= 11 is 0. The minimum absolute atomic E-state index is 0.0270. The molecular weight excluding hydrogens is 408 g/mol. The summed E-state index contributed by atoms with van der Waals surface area (Å²) < 4.78 is 27.1. The summed E-state index contributed by atoms with van der Waals surface area (Å²) in [7, 11) is -1.39. The van der Waals surface area contributed by atoms with E-state index in [0.29, 0.717) is 13.1 Å². The minimum atomic E-state index is -3.42. The zero-order valence-corrected chi connectivity index (χ0v) is 18.6. The Morgan fingerprint density at radius 3 is 2.52 bits per heavy atom. The van der Waals surface area contributed by atoms with Crippen molar-refractivity contribution in [3.63, 3.8) is 0 Å². The van der Waals surface area contributed by atoms with Gasteiger partial charge in [0, 0.05) is 24.7 Å². The van der Waals surface area contributed by atoms with Gasteiger partial charge in [-0.15, -0.1) is 0 Å². The van der Waals surface area contributed by atoms with Gasteiger partial charge in [-0.25, -0.2) is 13.4 Å². The zero-order valence-electron chi connectivity index (χ0n) is 17.8. The molecule has 160 valence electrons. The molecule has 0 unspecified atom stereocenters. The van der Waals surface area contributed by atoms with Crippen LogP contribution in [0.4, 0.5) is 0 Å². The molecule has 0 N–H and O–H groups in total. The summed E-state index contributed by atoms with van der Waals surface area (Å²) in [6, 6.07) is 20.1. The van der Waals surface area contributed by atoms with Gasteiger partial charge < -0.3 is 4.57 Å². The largest absolute Gasteiger partial charge is 0.313 e. The summed E-state index contributed by atoms with van der Waals surface area (Å²) in [6.07, 6.45) is 3.48. The van der Waals surface area contributed by atoms with Crippen molar-refractivity contribution in [2.45, 2.75) is 31.7 Å². The molecule has 2 aromatic carbocycles. The normalized spacial score (nSPS) is 12.0. The number of nitrogens with zero attached hydrogens (tertiary/aromatic N) is 4. The highest BCUT2D eigenvalue weighted by atomic mass is 32.2.